The number of hydrogen-bond donors (Lipinski definition) is 3. The van der Waals surface area contributed by atoms with E-state index in [4.69, 9.17) is 9.72 Å². The number of aromatic nitrogens is 5. The summed E-state index contributed by atoms with van der Waals surface area (Å²) in [7, 11) is 1.88. The second-order valence-corrected chi connectivity index (χ2v) is 10.5. The Morgan fingerprint density at radius 2 is 2.12 bits per heavy atom. The van der Waals surface area contributed by atoms with Crippen molar-refractivity contribution in [3.63, 3.8) is 0 Å². The topological polar surface area (TPSA) is 130 Å². The Bertz CT molecular complexity index is 1500. The maximum absolute atomic E-state index is 13.5. The van der Waals surface area contributed by atoms with Crippen LogP contribution in [0.2, 0.25) is 0 Å². The summed E-state index contributed by atoms with van der Waals surface area (Å²) in [5, 5.41) is 17.3. The molecule has 0 amide bonds. The summed E-state index contributed by atoms with van der Waals surface area (Å²) in [4.78, 5) is 31.6. The van der Waals surface area contributed by atoms with Gasteiger partial charge in [-0.2, -0.15) is 0 Å². The van der Waals surface area contributed by atoms with Crippen LogP contribution in [0.15, 0.2) is 49.2 Å². The van der Waals surface area contributed by atoms with Crippen molar-refractivity contribution in [3.05, 3.63) is 66.3 Å². The molecule has 0 radical (unpaired) electrons. The molecule has 222 valence electrons. The Labute approximate surface area is 244 Å². The van der Waals surface area contributed by atoms with Gasteiger partial charge in [-0.3, -0.25) is 9.88 Å². The number of halogens is 1. The largest absolute Gasteiger partial charge is 0.491 e. The van der Waals surface area contributed by atoms with Gasteiger partial charge in [0, 0.05) is 44.6 Å². The minimum Gasteiger partial charge on any atom is -0.491 e. The first-order valence-corrected chi connectivity index (χ1v) is 14.4. The van der Waals surface area contributed by atoms with Crippen LogP contribution in [-0.4, -0.2) is 79.3 Å². The van der Waals surface area contributed by atoms with Gasteiger partial charge in [0.25, 0.3) is 0 Å². The van der Waals surface area contributed by atoms with Gasteiger partial charge in [-0.15, -0.1) is 0 Å². The van der Waals surface area contributed by atoms with E-state index in [-0.39, 0.29) is 0 Å². The quantitative estimate of drug-likeness (QED) is 0.179. The van der Waals surface area contributed by atoms with Gasteiger partial charge in [-0.25, -0.2) is 24.1 Å². The summed E-state index contributed by atoms with van der Waals surface area (Å²) >= 11 is 0. The molecule has 0 aliphatic carbocycles. The number of nitrogens with zero attached hydrogens (tertiary/aromatic N) is 6. The number of carboxylic acids is 1. The SMILES string of the molecule is Cn1ccc2c(N[C@@H](CCN(CCCCc3ccc4c(n3)NCCC4)CCOc3cncc(F)c3)C(=O)O)ncnc21. The normalized spacial score (nSPS) is 13.5. The number of unbranched alkanes of at least 4 members (excludes halogenated alkanes) is 1. The minimum atomic E-state index is -0.952. The number of pyridine rings is 2. The smallest absolute Gasteiger partial charge is 0.326 e. The Balaban J connectivity index is 1.18. The highest BCUT2D eigenvalue weighted by molar-refractivity contribution is 5.89. The molecule has 1 atom stereocenters. The maximum Gasteiger partial charge on any atom is 0.326 e. The van der Waals surface area contributed by atoms with Crippen LogP contribution in [0.1, 0.15) is 36.9 Å². The molecule has 0 aromatic carbocycles. The molecule has 1 aliphatic heterocycles. The van der Waals surface area contributed by atoms with Crippen molar-refractivity contribution in [2.45, 2.75) is 44.6 Å². The lowest BCUT2D eigenvalue weighted by atomic mass is 10.1. The molecule has 12 heteroatoms. The first kappa shape index (κ1) is 29.2. The van der Waals surface area contributed by atoms with Gasteiger partial charge < -0.3 is 25.0 Å². The molecule has 5 heterocycles. The van der Waals surface area contributed by atoms with Crippen LogP contribution in [0.5, 0.6) is 5.75 Å². The van der Waals surface area contributed by atoms with Gasteiger partial charge in [0.2, 0.25) is 0 Å². The first-order chi connectivity index (χ1) is 20.5. The fraction of sp³-hybridized carbons (Fsp3) is 0.433. The Morgan fingerprint density at radius 3 is 2.98 bits per heavy atom. The highest BCUT2D eigenvalue weighted by atomic mass is 19.1. The number of ether oxygens (including phenoxy) is 1. The number of nitrogens with one attached hydrogen (secondary N) is 2. The van der Waals surface area contributed by atoms with Crippen LogP contribution in [0.3, 0.4) is 0 Å². The van der Waals surface area contributed by atoms with Crippen molar-refractivity contribution >= 4 is 28.6 Å². The molecule has 42 heavy (non-hydrogen) atoms. The summed E-state index contributed by atoms with van der Waals surface area (Å²) in [5.74, 6) is 0.458. The molecule has 3 N–H and O–H groups in total. The predicted octanol–water partition coefficient (Wildman–Crippen LogP) is 3.91. The molecule has 1 aliphatic rings. The summed E-state index contributed by atoms with van der Waals surface area (Å²) < 4.78 is 21.1. The third kappa shape index (κ3) is 7.69. The molecule has 0 fully saturated rings. The van der Waals surface area contributed by atoms with E-state index in [0.717, 1.165) is 73.9 Å². The van der Waals surface area contributed by atoms with E-state index in [1.807, 2.05) is 23.9 Å². The van der Waals surface area contributed by atoms with Crippen LogP contribution < -0.4 is 15.4 Å². The second kappa shape index (κ2) is 14.0. The minimum absolute atomic E-state index is 0.324. The van der Waals surface area contributed by atoms with Crippen LogP contribution in [0, 0.1) is 5.82 Å². The van der Waals surface area contributed by atoms with Crippen LogP contribution >= 0.6 is 0 Å². The fourth-order valence-electron chi connectivity index (χ4n) is 5.18. The number of aliphatic carboxylic acids is 1. The second-order valence-electron chi connectivity index (χ2n) is 10.5. The van der Waals surface area contributed by atoms with Gasteiger partial charge in [-0.05, 0) is 62.8 Å². The van der Waals surface area contributed by atoms with E-state index in [1.54, 1.807) is 0 Å². The van der Waals surface area contributed by atoms with E-state index in [1.165, 1.54) is 24.2 Å². The zero-order chi connectivity index (χ0) is 29.3. The molecule has 5 rings (SSSR count). The van der Waals surface area contributed by atoms with E-state index >= 15 is 0 Å². The number of fused-ring (bicyclic) bond motifs is 2. The number of hydrogen-bond acceptors (Lipinski definition) is 9. The lowest BCUT2D eigenvalue weighted by molar-refractivity contribution is -0.138. The van der Waals surface area contributed by atoms with E-state index in [0.29, 0.717) is 37.7 Å². The summed E-state index contributed by atoms with van der Waals surface area (Å²) in [5.41, 5.74) is 3.08. The highest BCUT2D eigenvalue weighted by Gasteiger charge is 2.21. The van der Waals surface area contributed by atoms with Crippen molar-refractivity contribution in [2.75, 3.05) is 43.4 Å². The molecule has 0 bridgehead atoms. The third-order valence-electron chi connectivity index (χ3n) is 7.47. The first-order valence-electron chi connectivity index (χ1n) is 14.4. The van der Waals surface area contributed by atoms with E-state index in [9.17, 15) is 14.3 Å². The van der Waals surface area contributed by atoms with E-state index < -0.39 is 17.8 Å². The molecule has 4 aromatic heterocycles. The number of carboxylic acid groups (broad SMARTS) is 1. The Hall–Kier alpha value is -4.32. The van der Waals surface area contributed by atoms with Crippen LogP contribution in [0.4, 0.5) is 16.0 Å². The summed E-state index contributed by atoms with van der Waals surface area (Å²) in [6, 6.07) is 6.62. The molecule has 0 unspecified atom stereocenters. The number of anilines is 2. The number of aryl methyl sites for hydroxylation is 3. The monoisotopic (exact) mass is 576 g/mol. The maximum atomic E-state index is 13.5. The van der Waals surface area contributed by atoms with E-state index in [2.05, 4.69) is 42.6 Å². The predicted molar refractivity (Wildman–Crippen MR) is 158 cm³/mol. The summed E-state index contributed by atoms with van der Waals surface area (Å²) in [6.45, 7) is 3.13. The van der Waals surface area contributed by atoms with Crippen molar-refractivity contribution < 1.29 is 19.0 Å². The number of carbonyl (C=O) groups is 1. The Morgan fingerprint density at radius 1 is 1.21 bits per heavy atom. The Kier molecular flexibility index (Phi) is 9.75. The zero-order valence-corrected chi connectivity index (χ0v) is 23.8. The fourth-order valence-corrected chi connectivity index (χ4v) is 5.18. The van der Waals surface area contributed by atoms with Crippen molar-refractivity contribution in [3.8, 4) is 5.75 Å². The summed E-state index contributed by atoms with van der Waals surface area (Å²) in [6.07, 6.45) is 11.2. The standard InChI is InChI=1S/C30H37FN8O3/c1-38-13-9-25-28(34-20-35-29(25)38)37-26(30(40)41)10-14-39(15-16-42-24-17-22(31)18-32-19-24)12-3-2-6-23-8-7-21-5-4-11-33-27(21)36-23/h7-9,13,17-20,26H,2-6,10-12,14-16H2,1H3,(H,33,36)(H,40,41)(H,34,35,37)/t26-/m0/s1. The van der Waals surface area contributed by atoms with Crippen LogP contribution in [-0.2, 0) is 24.7 Å². The van der Waals surface area contributed by atoms with Crippen LogP contribution in [0.25, 0.3) is 11.0 Å². The molecule has 0 spiro atoms. The van der Waals surface area contributed by atoms with Gasteiger partial charge in [0.1, 0.15) is 47.8 Å². The van der Waals surface area contributed by atoms with Gasteiger partial charge >= 0.3 is 5.97 Å². The molecular formula is C30H37FN8O3. The van der Waals surface area contributed by atoms with Crippen molar-refractivity contribution in [1.29, 1.82) is 0 Å². The average Bonchev–Trinajstić information content (AvgIpc) is 3.38. The molecular weight excluding hydrogens is 539 g/mol. The van der Waals surface area contributed by atoms with Crippen molar-refractivity contribution in [1.82, 2.24) is 29.4 Å². The average molecular weight is 577 g/mol. The molecule has 0 saturated carbocycles. The highest BCUT2D eigenvalue weighted by Crippen LogP contribution is 2.22. The lowest BCUT2D eigenvalue weighted by Crippen LogP contribution is -2.37. The molecule has 11 nitrogen and oxygen atoms in total. The third-order valence-corrected chi connectivity index (χ3v) is 7.47. The molecule has 0 saturated heterocycles. The van der Waals surface area contributed by atoms with Gasteiger partial charge in [0.05, 0.1) is 17.8 Å². The van der Waals surface area contributed by atoms with Gasteiger partial charge in [0.15, 0.2) is 0 Å². The number of rotatable bonds is 15. The van der Waals surface area contributed by atoms with Gasteiger partial charge in [-0.1, -0.05) is 6.07 Å². The lowest BCUT2D eigenvalue weighted by Gasteiger charge is -2.25. The molecule has 4 aromatic rings. The zero-order valence-electron chi connectivity index (χ0n) is 23.8. The van der Waals surface area contributed by atoms with Crippen molar-refractivity contribution in [2.24, 2.45) is 7.05 Å².